The highest BCUT2D eigenvalue weighted by Crippen LogP contribution is 2.27. The van der Waals surface area contributed by atoms with Crippen molar-refractivity contribution in [2.45, 2.75) is 25.4 Å². The van der Waals surface area contributed by atoms with E-state index in [4.69, 9.17) is 4.74 Å². The first-order valence-electron chi connectivity index (χ1n) is 9.44. The van der Waals surface area contributed by atoms with Gasteiger partial charge >= 0.3 is 0 Å². The summed E-state index contributed by atoms with van der Waals surface area (Å²) >= 11 is 0. The predicted octanol–water partition coefficient (Wildman–Crippen LogP) is 4.37. The van der Waals surface area contributed by atoms with Crippen LogP contribution in [0.4, 0.5) is 8.78 Å². The minimum Gasteiger partial charge on any atom is -0.367 e. The summed E-state index contributed by atoms with van der Waals surface area (Å²) in [7, 11) is 0. The summed E-state index contributed by atoms with van der Waals surface area (Å²) < 4.78 is 32.7. The molecular weight excluding hydrogens is 348 g/mol. The standard InChI is InChI=1S/C22H25F2NO2/c23-20-5-1-18(2-6-20)22(19-3-7-21(24)8-4-19)27-16-14-25-12-9-17(10-13-25)11-15-26/h1-8,15,17,22H,9-14,16H2. The van der Waals surface area contributed by atoms with Gasteiger partial charge in [-0.2, -0.15) is 0 Å². The lowest BCUT2D eigenvalue weighted by molar-refractivity contribution is -0.108. The molecule has 1 aliphatic heterocycles. The predicted molar refractivity (Wildman–Crippen MR) is 100 cm³/mol. The second-order valence-electron chi connectivity index (χ2n) is 7.04. The van der Waals surface area contributed by atoms with Crippen LogP contribution in [0.25, 0.3) is 0 Å². The maximum absolute atomic E-state index is 13.3. The van der Waals surface area contributed by atoms with Crippen molar-refractivity contribution in [3.63, 3.8) is 0 Å². The molecule has 2 aromatic carbocycles. The van der Waals surface area contributed by atoms with Crippen LogP contribution >= 0.6 is 0 Å². The first-order chi connectivity index (χ1) is 13.2. The van der Waals surface area contributed by atoms with Crippen molar-refractivity contribution in [3.8, 4) is 0 Å². The molecule has 0 aliphatic carbocycles. The molecule has 0 aromatic heterocycles. The number of carbonyl (C=O) groups excluding carboxylic acids is 1. The van der Waals surface area contributed by atoms with Crippen LogP contribution in [-0.4, -0.2) is 37.4 Å². The Hall–Kier alpha value is -2.11. The molecule has 1 fully saturated rings. The minimum absolute atomic E-state index is 0.296. The smallest absolute Gasteiger partial charge is 0.123 e. The molecule has 0 unspecified atom stereocenters. The van der Waals surface area contributed by atoms with Crippen LogP contribution in [0.2, 0.25) is 0 Å². The van der Waals surface area contributed by atoms with E-state index in [9.17, 15) is 13.6 Å². The average molecular weight is 373 g/mol. The van der Waals surface area contributed by atoms with Gasteiger partial charge < -0.3 is 14.4 Å². The summed E-state index contributed by atoms with van der Waals surface area (Å²) in [6.07, 6.45) is 3.38. The van der Waals surface area contributed by atoms with Gasteiger partial charge in [0, 0.05) is 13.0 Å². The Morgan fingerprint density at radius 1 is 0.963 bits per heavy atom. The highest BCUT2D eigenvalue weighted by Gasteiger charge is 2.20. The van der Waals surface area contributed by atoms with Gasteiger partial charge in [0.25, 0.3) is 0 Å². The van der Waals surface area contributed by atoms with E-state index in [0.717, 1.165) is 49.9 Å². The van der Waals surface area contributed by atoms with Gasteiger partial charge in [-0.1, -0.05) is 24.3 Å². The van der Waals surface area contributed by atoms with E-state index in [1.165, 1.54) is 24.3 Å². The number of hydrogen-bond acceptors (Lipinski definition) is 3. The van der Waals surface area contributed by atoms with Gasteiger partial charge in [-0.25, -0.2) is 8.78 Å². The Kier molecular flexibility index (Phi) is 7.07. The number of rotatable bonds is 8. The molecule has 0 saturated carbocycles. The number of halogens is 2. The Bertz CT molecular complexity index is 665. The summed E-state index contributed by atoms with van der Waals surface area (Å²) in [5.41, 5.74) is 1.68. The Labute approximate surface area is 158 Å². The second-order valence-corrected chi connectivity index (χ2v) is 7.04. The number of aldehydes is 1. The fraction of sp³-hybridized carbons (Fsp3) is 0.409. The Morgan fingerprint density at radius 3 is 1.96 bits per heavy atom. The van der Waals surface area contributed by atoms with Gasteiger partial charge in [-0.05, 0) is 67.2 Å². The molecule has 0 bridgehead atoms. The number of nitrogens with zero attached hydrogens (tertiary/aromatic N) is 1. The molecule has 3 rings (SSSR count). The first kappa shape index (κ1) is 19.6. The lowest BCUT2D eigenvalue weighted by atomic mass is 9.94. The molecule has 1 heterocycles. The molecule has 27 heavy (non-hydrogen) atoms. The number of likely N-dealkylation sites (tertiary alicyclic amines) is 1. The highest BCUT2D eigenvalue weighted by molar-refractivity contribution is 5.49. The summed E-state index contributed by atoms with van der Waals surface area (Å²) in [5, 5.41) is 0. The van der Waals surface area contributed by atoms with E-state index in [-0.39, 0.29) is 17.7 Å². The first-order valence-corrected chi connectivity index (χ1v) is 9.44. The summed E-state index contributed by atoms with van der Waals surface area (Å²) in [6, 6.07) is 12.4. The second kappa shape index (κ2) is 9.72. The number of piperidine rings is 1. The molecule has 5 heteroatoms. The molecule has 0 N–H and O–H groups in total. The van der Waals surface area contributed by atoms with Crippen LogP contribution in [0.15, 0.2) is 48.5 Å². The minimum atomic E-state index is -0.362. The zero-order valence-corrected chi connectivity index (χ0v) is 15.3. The lowest BCUT2D eigenvalue weighted by Crippen LogP contribution is -2.36. The highest BCUT2D eigenvalue weighted by atomic mass is 19.1. The molecule has 144 valence electrons. The molecule has 3 nitrogen and oxygen atoms in total. The molecule has 0 atom stereocenters. The van der Waals surface area contributed by atoms with E-state index in [1.807, 2.05) is 0 Å². The maximum atomic E-state index is 13.3. The third kappa shape index (κ3) is 5.68. The van der Waals surface area contributed by atoms with Crippen molar-refractivity contribution in [1.29, 1.82) is 0 Å². The van der Waals surface area contributed by atoms with Crippen LogP contribution < -0.4 is 0 Å². The fourth-order valence-corrected chi connectivity index (χ4v) is 3.54. The molecule has 0 amide bonds. The van der Waals surface area contributed by atoms with Gasteiger partial charge in [-0.15, -0.1) is 0 Å². The van der Waals surface area contributed by atoms with Crippen LogP contribution in [0.1, 0.15) is 36.5 Å². The normalized spacial score (nSPS) is 16.0. The third-order valence-corrected chi connectivity index (χ3v) is 5.17. The Balaban J connectivity index is 1.59. The van der Waals surface area contributed by atoms with Gasteiger partial charge in [0.1, 0.15) is 24.0 Å². The number of ether oxygens (including phenoxy) is 1. The third-order valence-electron chi connectivity index (χ3n) is 5.17. The van der Waals surface area contributed by atoms with Crippen molar-refractivity contribution in [3.05, 3.63) is 71.3 Å². The van der Waals surface area contributed by atoms with Crippen LogP contribution in [0, 0.1) is 17.6 Å². The molecule has 0 spiro atoms. The van der Waals surface area contributed by atoms with Crippen molar-refractivity contribution < 1.29 is 18.3 Å². The quantitative estimate of drug-likeness (QED) is 0.644. The average Bonchev–Trinajstić information content (AvgIpc) is 2.69. The summed E-state index contributed by atoms with van der Waals surface area (Å²) in [5.74, 6) is -0.0875. The fourth-order valence-electron chi connectivity index (χ4n) is 3.54. The van der Waals surface area contributed by atoms with E-state index in [1.54, 1.807) is 24.3 Å². The van der Waals surface area contributed by atoms with Crippen LogP contribution in [-0.2, 0) is 9.53 Å². The molecular formula is C22H25F2NO2. The lowest BCUT2D eigenvalue weighted by Gasteiger charge is -2.31. The molecule has 2 aromatic rings. The summed E-state index contributed by atoms with van der Waals surface area (Å²) in [6.45, 7) is 3.27. The van der Waals surface area contributed by atoms with E-state index in [2.05, 4.69) is 4.90 Å². The zero-order valence-electron chi connectivity index (χ0n) is 15.3. The van der Waals surface area contributed by atoms with Crippen molar-refractivity contribution in [2.24, 2.45) is 5.92 Å². The number of carbonyl (C=O) groups is 1. The van der Waals surface area contributed by atoms with Crippen LogP contribution in [0.5, 0.6) is 0 Å². The van der Waals surface area contributed by atoms with Gasteiger partial charge in [0.2, 0.25) is 0 Å². The van der Waals surface area contributed by atoms with Crippen molar-refractivity contribution >= 4 is 6.29 Å². The summed E-state index contributed by atoms with van der Waals surface area (Å²) in [4.78, 5) is 13.0. The van der Waals surface area contributed by atoms with Gasteiger partial charge in [0.15, 0.2) is 0 Å². The SMILES string of the molecule is O=CCC1CCN(CCOC(c2ccc(F)cc2)c2ccc(F)cc2)CC1. The maximum Gasteiger partial charge on any atom is 0.123 e. The zero-order chi connectivity index (χ0) is 19.1. The van der Waals surface area contributed by atoms with E-state index >= 15 is 0 Å². The van der Waals surface area contributed by atoms with Crippen molar-refractivity contribution in [1.82, 2.24) is 4.90 Å². The van der Waals surface area contributed by atoms with Gasteiger partial charge in [-0.3, -0.25) is 0 Å². The van der Waals surface area contributed by atoms with E-state index in [0.29, 0.717) is 18.9 Å². The molecule has 1 aliphatic rings. The monoisotopic (exact) mass is 373 g/mol. The molecule has 1 saturated heterocycles. The Morgan fingerprint density at radius 2 is 1.48 bits per heavy atom. The topological polar surface area (TPSA) is 29.5 Å². The van der Waals surface area contributed by atoms with Crippen LogP contribution in [0.3, 0.4) is 0 Å². The van der Waals surface area contributed by atoms with Crippen molar-refractivity contribution in [2.75, 3.05) is 26.2 Å². The van der Waals surface area contributed by atoms with E-state index < -0.39 is 0 Å². The number of hydrogen-bond donors (Lipinski definition) is 0. The number of benzene rings is 2. The molecule has 0 radical (unpaired) electrons. The van der Waals surface area contributed by atoms with Gasteiger partial charge in [0.05, 0.1) is 6.61 Å². The largest absolute Gasteiger partial charge is 0.367 e.